The van der Waals surface area contributed by atoms with Gasteiger partial charge in [0, 0.05) is 11.8 Å². The standard InChI is InChI=1S/C17H16F3N3O3/c18-17(19,20)13-5-8-23(22-13)12-4-1-3-11(9-12)15(26)21-16(6-2-7-16)10-14(24)25/h1,3-5,8-9H,2,6-7,10H2,(H,21,26)(H,24,25). The summed E-state index contributed by atoms with van der Waals surface area (Å²) in [6, 6.07) is 6.84. The molecule has 3 rings (SSSR count). The van der Waals surface area contributed by atoms with Crippen molar-refractivity contribution in [3.05, 3.63) is 47.8 Å². The molecule has 1 aliphatic rings. The average molecular weight is 367 g/mol. The Morgan fingerprint density at radius 3 is 2.54 bits per heavy atom. The van der Waals surface area contributed by atoms with Crippen LogP contribution in [0.4, 0.5) is 13.2 Å². The maximum atomic E-state index is 12.7. The van der Waals surface area contributed by atoms with Gasteiger partial charge in [-0.1, -0.05) is 6.07 Å². The van der Waals surface area contributed by atoms with Crippen molar-refractivity contribution in [1.82, 2.24) is 15.1 Å². The molecule has 1 aromatic carbocycles. The molecule has 1 saturated carbocycles. The number of rotatable bonds is 5. The van der Waals surface area contributed by atoms with E-state index in [9.17, 15) is 22.8 Å². The molecule has 9 heteroatoms. The molecular weight excluding hydrogens is 351 g/mol. The Balaban J connectivity index is 1.80. The number of hydrogen-bond donors (Lipinski definition) is 2. The molecule has 0 saturated heterocycles. The van der Waals surface area contributed by atoms with E-state index >= 15 is 0 Å². The van der Waals surface area contributed by atoms with Crippen LogP contribution in [0.3, 0.4) is 0 Å². The highest BCUT2D eigenvalue weighted by Crippen LogP contribution is 2.35. The molecule has 0 aliphatic heterocycles. The number of amides is 1. The maximum Gasteiger partial charge on any atom is 0.435 e. The number of carbonyl (C=O) groups is 2. The Kier molecular flexibility index (Phi) is 4.47. The van der Waals surface area contributed by atoms with Gasteiger partial charge in [-0.2, -0.15) is 18.3 Å². The fraction of sp³-hybridized carbons (Fsp3) is 0.353. The number of nitrogens with zero attached hydrogens (tertiary/aromatic N) is 2. The van der Waals surface area contributed by atoms with Gasteiger partial charge in [-0.05, 0) is 43.5 Å². The van der Waals surface area contributed by atoms with Gasteiger partial charge in [0.15, 0.2) is 5.69 Å². The molecule has 1 fully saturated rings. The summed E-state index contributed by atoms with van der Waals surface area (Å²) in [5, 5.41) is 15.2. The zero-order valence-corrected chi connectivity index (χ0v) is 13.6. The van der Waals surface area contributed by atoms with E-state index < -0.39 is 29.3 Å². The Morgan fingerprint density at radius 2 is 2.00 bits per heavy atom. The number of nitrogens with one attached hydrogen (secondary N) is 1. The average Bonchev–Trinajstić information content (AvgIpc) is 3.02. The Bertz CT molecular complexity index is 841. The van der Waals surface area contributed by atoms with E-state index in [1.165, 1.54) is 24.3 Å². The molecule has 0 bridgehead atoms. The predicted octanol–water partition coefficient (Wildman–Crippen LogP) is 3.02. The summed E-state index contributed by atoms with van der Waals surface area (Å²) in [6.45, 7) is 0. The van der Waals surface area contributed by atoms with Crippen molar-refractivity contribution in [3.8, 4) is 5.69 Å². The first-order valence-corrected chi connectivity index (χ1v) is 7.96. The summed E-state index contributed by atoms with van der Waals surface area (Å²) in [5.74, 6) is -1.45. The second-order valence-corrected chi connectivity index (χ2v) is 6.35. The van der Waals surface area contributed by atoms with Gasteiger partial charge in [-0.25, -0.2) is 4.68 Å². The molecule has 0 spiro atoms. The first kappa shape index (κ1) is 18.0. The monoisotopic (exact) mass is 367 g/mol. The van der Waals surface area contributed by atoms with E-state index in [4.69, 9.17) is 5.11 Å². The molecule has 26 heavy (non-hydrogen) atoms. The van der Waals surface area contributed by atoms with Crippen molar-refractivity contribution in [1.29, 1.82) is 0 Å². The molecule has 1 aliphatic carbocycles. The van der Waals surface area contributed by atoms with Gasteiger partial charge in [-0.3, -0.25) is 9.59 Å². The Hall–Kier alpha value is -2.84. The van der Waals surface area contributed by atoms with E-state index in [1.807, 2.05) is 0 Å². The highest BCUT2D eigenvalue weighted by Gasteiger charge is 2.40. The molecule has 6 nitrogen and oxygen atoms in total. The third-order valence-electron chi connectivity index (χ3n) is 4.43. The van der Waals surface area contributed by atoms with Crippen molar-refractivity contribution in [2.75, 3.05) is 0 Å². The van der Waals surface area contributed by atoms with Crippen molar-refractivity contribution in [2.45, 2.75) is 37.4 Å². The van der Waals surface area contributed by atoms with Gasteiger partial charge in [-0.15, -0.1) is 0 Å². The van der Waals surface area contributed by atoms with Gasteiger partial charge >= 0.3 is 12.1 Å². The Labute approximate surface area is 146 Å². The highest BCUT2D eigenvalue weighted by atomic mass is 19.4. The molecular formula is C17H16F3N3O3. The topological polar surface area (TPSA) is 84.2 Å². The molecule has 1 heterocycles. The fourth-order valence-corrected chi connectivity index (χ4v) is 2.96. The molecule has 1 aromatic heterocycles. The fourth-order valence-electron chi connectivity index (χ4n) is 2.96. The molecule has 138 valence electrons. The van der Waals surface area contributed by atoms with Crippen LogP contribution in [-0.4, -0.2) is 32.3 Å². The van der Waals surface area contributed by atoms with E-state index in [1.54, 1.807) is 0 Å². The van der Waals surface area contributed by atoms with Crippen LogP contribution in [0.1, 0.15) is 41.7 Å². The second-order valence-electron chi connectivity index (χ2n) is 6.35. The van der Waals surface area contributed by atoms with Crippen LogP contribution in [0.2, 0.25) is 0 Å². The summed E-state index contributed by atoms with van der Waals surface area (Å²) in [5.41, 5.74) is -1.26. The van der Waals surface area contributed by atoms with Crippen LogP contribution in [0.5, 0.6) is 0 Å². The largest absolute Gasteiger partial charge is 0.481 e. The number of hydrogen-bond acceptors (Lipinski definition) is 3. The van der Waals surface area contributed by atoms with E-state index in [0.717, 1.165) is 23.4 Å². The predicted molar refractivity (Wildman–Crippen MR) is 84.9 cm³/mol. The van der Waals surface area contributed by atoms with E-state index in [2.05, 4.69) is 10.4 Å². The van der Waals surface area contributed by atoms with Crippen LogP contribution in [0, 0.1) is 0 Å². The van der Waals surface area contributed by atoms with Gasteiger partial charge in [0.25, 0.3) is 5.91 Å². The smallest absolute Gasteiger partial charge is 0.435 e. The Morgan fingerprint density at radius 1 is 1.27 bits per heavy atom. The normalized spacial score (nSPS) is 16.0. The summed E-state index contributed by atoms with van der Waals surface area (Å²) in [7, 11) is 0. The first-order chi connectivity index (χ1) is 12.2. The SMILES string of the molecule is O=C(O)CC1(NC(=O)c2cccc(-n3ccc(C(F)(F)F)n3)c2)CCC1. The maximum absolute atomic E-state index is 12.7. The van der Waals surface area contributed by atoms with Crippen LogP contribution in [-0.2, 0) is 11.0 Å². The summed E-state index contributed by atoms with van der Waals surface area (Å²) >= 11 is 0. The lowest BCUT2D eigenvalue weighted by Crippen LogP contribution is -2.54. The lowest BCUT2D eigenvalue weighted by Gasteiger charge is -2.41. The molecule has 0 unspecified atom stereocenters. The highest BCUT2D eigenvalue weighted by molar-refractivity contribution is 5.95. The zero-order chi connectivity index (χ0) is 18.9. The van der Waals surface area contributed by atoms with Gasteiger partial charge in [0.2, 0.25) is 0 Å². The van der Waals surface area contributed by atoms with E-state index in [-0.39, 0.29) is 12.0 Å². The summed E-state index contributed by atoms with van der Waals surface area (Å²) in [4.78, 5) is 23.5. The van der Waals surface area contributed by atoms with Crippen molar-refractivity contribution < 1.29 is 27.9 Å². The summed E-state index contributed by atoms with van der Waals surface area (Å²) < 4.78 is 39.1. The third kappa shape index (κ3) is 3.71. The van der Waals surface area contributed by atoms with Gasteiger partial charge in [0.05, 0.1) is 17.6 Å². The molecule has 0 atom stereocenters. The minimum atomic E-state index is -4.55. The lowest BCUT2D eigenvalue weighted by molar-refractivity contribution is -0.141. The van der Waals surface area contributed by atoms with Crippen molar-refractivity contribution >= 4 is 11.9 Å². The minimum Gasteiger partial charge on any atom is -0.481 e. The molecule has 0 radical (unpaired) electrons. The van der Waals surface area contributed by atoms with Crippen molar-refractivity contribution in [3.63, 3.8) is 0 Å². The van der Waals surface area contributed by atoms with E-state index in [0.29, 0.717) is 18.5 Å². The zero-order valence-electron chi connectivity index (χ0n) is 13.6. The number of halogens is 3. The van der Waals surface area contributed by atoms with Gasteiger partial charge in [0.1, 0.15) is 0 Å². The molecule has 1 amide bonds. The van der Waals surface area contributed by atoms with Crippen molar-refractivity contribution in [2.24, 2.45) is 0 Å². The molecule has 2 aromatic rings. The number of alkyl halides is 3. The third-order valence-corrected chi connectivity index (χ3v) is 4.43. The molecule has 2 N–H and O–H groups in total. The first-order valence-electron chi connectivity index (χ1n) is 7.96. The number of aliphatic carboxylic acids is 1. The number of carboxylic acid groups (broad SMARTS) is 1. The van der Waals surface area contributed by atoms with Crippen LogP contribution < -0.4 is 5.32 Å². The lowest BCUT2D eigenvalue weighted by atomic mass is 9.74. The quantitative estimate of drug-likeness (QED) is 0.851. The minimum absolute atomic E-state index is 0.160. The van der Waals surface area contributed by atoms with Crippen LogP contribution >= 0.6 is 0 Å². The number of carbonyl (C=O) groups excluding carboxylic acids is 1. The summed E-state index contributed by atoms with van der Waals surface area (Å²) in [6.07, 6.45) is -1.54. The second kappa shape index (κ2) is 6.47. The van der Waals surface area contributed by atoms with Gasteiger partial charge < -0.3 is 10.4 Å². The van der Waals surface area contributed by atoms with Crippen LogP contribution in [0.15, 0.2) is 36.5 Å². The van der Waals surface area contributed by atoms with Crippen LogP contribution in [0.25, 0.3) is 5.69 Å². The number of aromatic nitrogens is 2. The number of benzene rings is 1. The number of carboxylic acids is 1.